The summed E-state index contributed by atoms with van der Waals surface area (Å²) in [4.78, 5) is 40.3. The van der Waals surface area contributed by atoms with E-state index in [-0.39, 0.29) is 11.4 Å². The number of nitrogens with zero attached hydrogens (tertiary/aromatic N) is 3. The maximum Gasteiger partial charge on any atom is 0.332 e. The first kappa shape index (κ1) is 20.8. The Kier molecular flexibility index (Phi) is 6.82. The summed E-state index contributed by atoms with van der Waals surface area (Å²) in [6.07, 6.45) is 6.70. The summed E-state index contributed by atoms with van der Waals surface area (Å²) in [5, 5.41) is 3.17. The second kappa shape index (κ2) is 9.52. The van der Waals surface area contributed by atoms with Crippen molar-refractivity contribution in [3.63, 3.8) is 0 Å². The van der Waals surface area contributed by atoms with Gasteiger partial charge < -0.3 is 10.2 Å². The van der Waals surface area contributed by atoms with E-state index in [9.17, 15) is 14.4 Å². The maximum absolute atomic E-state index is 12.9. The third-order valence-corrected chi connectivity index (χ3v) is 5.31. The molecule has 0 bridgehead atoms. The van der Waals surface area contributed by atoms with E-state index in [4.69, 9.17) is 0 Å². The van der Waals surface area contributed by atoms with Crippen LogP contribution in [0.5, 0.6) is 0 Å². The third kappa shape index (κ3) is 4.92. The van der Waals surface area contributed by atoms with Crippen molar-refractivity contribution in [1.29, 1.82) is 0 Å². The molecule has 1 N–H and O–H groups in total. The molecule has 1 fully saturated rings. The number of anilines is 1. The second-order valence-corrected chi connectivity index (χ2v) is 7.37. The molecule has 0 amide bonds. The standard InChI is InChI=1S/C22H28N4O3/c1-24-20(23-13-16-26-14-7-4-8-15-26)19(21(28)25(2)22(24)29)18(27)12-11-17-9-5-3-6-10-17/h3,5-6,9-12,23H,4,7-8,13-16H2,1-2H3/b12-11+. The first-order valence-electron chi connectivity index (χ1n) is 10.0. The lowest BCUT2D eigenvalue weighted by Crippen LogP contribution is -2.42. The van der Waals surface area contributed by atoms with Gasteiger partial charge in [-0.05, 0) is 37.6 Å². The van der Waals surface area contributed by atoms with Crippen molar-refractivity contribution in [1.82, 2.24) is 14.0 Å². The zero-order chi connectivity index (χ0) is 20.8. The lowest BCUT2D eigenvalue weighted by atomic mass is 10.1. The van der Waals surface area contributed by atoms with Gasteiger partial charge in [0, 0.05) is 27.2 Å². The van der Waals surface area contributed by atoms with Crippen LogP contribution in [-0.2, 0) is 14.1 Å². The number of ketones is 1. The van der Waals surface area contributed by atoms with E-state index in [0.29, 0.717) is 6.54 Å². The minimum atomic E-state index is -0.587. The summed E-state index contributed by atoms with van der Waals surface area (Å²) < 4.78 is 2.31. The minimum absolute atomic E-state index is 0.0135. The summed E-state index contributed by atoms with van der Waals surface area (Å²) in [6.45, 7) is 3.48. The molecule has 1 aliphatic rings. The average Bonchev–Trinajstić information content (AvgIpc) is 2.75. The van der Waals surface area contributed by atoms with E-state index >= 15 is 0 Å². The number of hydrogen-bond donors (Lipinski definition) is 1. The van der Waals surface area contributed by atoms with Gasteiger partial charge in [0.15, 0.2) is 5.78 Å². The average molecular weight is 396 g/mol. The predicted molar refractivity (Wildman–Crippen MR) is 116 cm³/mol. The zero-order valence-corrected chi connectivity index (χ0v) is 17.1. The molecule has 2 heterocycles. The largest absolute Gasteiger partial charge is 0.369 e. The molecule has 154 valence electrons. The molecule has 0 unspecified atom stereocenters. The topological polar surface area (TPSA) is 76.3 Å². The monoisotopic (exact) mass is 396 g/mol. The molecule has 7 heteroatoms. The number of piperidine rings is 1. The lowest BCUT2D eigenvalue weighted by Gasteiger charge is -2.26. The van der Waals surface area contributed by atoms with E-state index in [2.05, 4.69) is 10.2 Å². The fourth-order valence-corrected chi connectivity index (χ4v) is 3.61. The van der Waals surface area contributed by atoms with Crippen molar-refractivity contribution < 1.29 is 4.79 Å². The molecule has 1 aromatic heterocycles. The molecule has 29 heavy (non-hydrogen) atoms. The smallest absolute Gasteiger partial charge is 0.332 e. The van der Waals surface area contributed by atoms with Gasteiger partial charge in [-0.2, -0.15) is 0 Å². The molecule has 1 aliphatic heterocycles. The summed E-state index contributed by atoms with van der Waals surface area (Å²) in [6, 6.07) is 9.40. The minimum Gasteiger partial charge on any atom is -0.369 e. The SMILES string of the molecule is Cn1c(NCCN2CCCCC2)c(C(=O)/C=C/c2ccccc2)c(=O)n(C)c1=O. The highest BCUT2D eigenvalue weighted by Crippen LogP contribution is 2.12. The molecule has 1 saturated heterocycles. The Morgan fingerprint density at radius 1 is 1.03 bits per heavy atom. The second-order valence-electron chi connectivity index (χ2n) is 7.37. The van der Waals surface area contributed by atoms with E-state index in [0.717, 1.165) is 29.8 Å². The van der Waals surface area contributed by atoms with Gasteiger partial charge in [-0.1, -0.05) is 42.8 Å². The molecule has 1 aromatic carbocycles. The number of benzene rings is 1. The van der Waals surface area contributed by atoms with Crippen molar-refractivity contribution in [2.45, 2.75) is 19.3 Å². The van der Waals surface area contributed by atoms with Crippen LogP contribution in [0.1, 0.15) is 35.2 Å². The Hall–Kier alpha value is -2.93. The van der Waals surface area contributed by atoms with Gasteiger partial charge in [-0.3, -0.25) is 18.7 Å². The zero-order valence-electron chi connectivity index (χ0n) is 17.1. The number of aromatic nitrogens is 2. The predicted octanol–water partition coefficient (Wildman–Crippen LogP) is 1.88. The number of hydrogen-bond acceptors (Lipinski definition) is 5. The first-order chi connectivity index (χ1) is 14.0. The molecular formula is C22H28N4O3. The normalized spacial score (nSPS) is 15.0. The molecule has 3 rings (SSSR count). The summed E-state index contributed by atoms with van der Waals surface area (Å²) in [5.74, 6) is -0.150. The van der Waals surface area contributed by atoms with Crippen LogP contribution in [0.4, 0.5) is 5.82 Å². The van der Waals surface area contributed by atoms with Crippen LogP contribution in [0.3, 0.4) is 0 Å². The van der Waals surface area contributed by atoms with Gasteiger partial charge in [0.1, 0.15) is 11.4 Å². The molecule has 0 aliphatic carbocycles. The Bertz CT molecular complexity index is 999. The quantitative estimate of drug-likeness (QED) is 0.571. The molecule has 0 spiro atoms. The van der Waals surface area contributed by atoms with Crippen LogP contribution >= 0.6 is 0 Å². The van der Waals surface area contributed by atoms with Crippen molar-refractivity contribution >= 4 is 17.7 Å². The van der Waals surface area contributed by atoms with Crippen LogP contribution in [-0.4, -0.2) is 46.0 Å². The number of nitrogens with one attached hydrogen (secondary N) is 1. The van der Waals surface area contributed by atoms with Crippen molar-refractivity contribution in [2.24, 2.45) is 14.1 Å². The van der Waals surface area contributed by atoms with Crippen molar-refractivity contribution in [2.75, 3.05) is 31.5 Å². The van der Waals surface area contributed by atoms with Gasteiger partial charge in [0.05, 0.1) is 0 Å². The summed E-state index contributed by atoms with van der Waals surface area (Å²) >= 11 is 0. The Morgan fingerprint density at radius 2 is 1.72 bits per heavy atom. The molecule has 2 aromatic rings. The fourth-order valence-electron chi connectivity index (χ4n) is 3.61. The van der Waals surface area contributed by atoms with Gasteiger partial charge in [-0.25, -0.2) is 4.79 Å². The first-order valence-corrected chi connectivity index (χ1v) is 10.0. The van der Waals surface area contributed by atoms with Crippen LogP contribution in [0, 0.1) is 0 Å². The van der Waals surface area contributed by atoms with E-state index in [1.165, 1.54) is 37.0 Å². The molecule has 0 saturated carbocycles. The molecular weight excluding hydrogens is 368 g/mol. The molecule has 7 nitrogen and oxygen atoms in total. The van der Waals surface area contributed by atoms with Crippen LogP contribution in [0.25, 0.3) is 6.08 Å². The molecule has 0 radical (unpaired) electrons. The van der Waals surface area contributed by atoms with Crippen LogP contribution in [0.2, 0.25) is 0 Å². The number of carbonyl (C=O) groups excluding carboxylic acids is 1. The van der Waals surface area contributed by atoms with Gasteiger partial charge >= 0.3 is 5.69 Å². The van der Waals surface area contributed by atoms with Crippen LogP contribution < -0.4 is 16.6 Å². The summed E-state index contributed by atoms with van der Waals surface area (Å²) in [7, 11) is 2.96. The number of likely N-dealkylation sites (tertiary alicyclic amines) is 1. The van der Waals surface area contributed by atoms with Crippen molar-refractivity contribution in [3.05, 3.63) is 68.4 Å². The highest BCUT2D eigenvalue weighted by atomic mass is 16.2. The van der Waals surface area contributed by atoms with E-state index < -0.39 is 17.0 Å². The van der Waals surface area contributed by atoms with Crippen molar-refractivity contribution in [3.8, 4) is 0 Å². The van der Waals surface area contributed by atoms with Crippen LogP contribution in [0.15, 0.2) is 46.0 Å². The Balaban J connectivity index is 1.86. The van der Waals surface area contributed by atoms with E-state index in [1.807, 2.05) is 30.3 Å². The number of rotatable bonds is 7. The van der Waals surface area contributed by atoms with E-state index in [1.54, 1.807) is 13.1 Å². The number of allylic oxidation sites excluding steroid dienone is 1. The highest BCUT2D eigenvalue weighted by Gasteiger charge is 2.20. The van der Waals surface area contributed by atoms with Gasteiger partial charge in [0.2, 0.25) is 0 Å². The van der Waals surface area contributed by atoms with Gasteiger partial charge in [0.25, 0.3) is 5.56 Å². The third-order valence-electron chi connectivity index (χ3n) is 5.31. The van der Waals surface area contributed by atoms with Gasteiger partial charge in [-0.15, -0.1) is 0 Å². The molecule has 0 atom stereocenters. The maximum atomic E-state index is 12.9. The number of carbonyl (C=O) groups is 1. The highest BCUT2D eigenvalue weighted by molar-refractivity contribution is 6.09. The Morgan fingerprint density at radius 3 is 2.41 bits per heavy atom. The lowest BCUT2D eigenvalue weighted by molar-refractivity contribution is 0.104. The fraction of sp³-hybridized carbons (Fsp3) is 0.409. The Labute approximate surface area is 170 Å². The summed E-state index contributed by atoms with van der Waals surface area (Å²) in [5.41, 5.74) is -0.196.